The van der Waals surface area contributed by atoms with Gasteiger partial charge in [0, 0.05) is 11.8 Å². The highest BCUT2D eigenvalue weighted by atomic mass is 32.2. The maximum absolute atomic E-state index is 12.7. The van der Waals surface area contributed by atoms with Gasteiger partial charge in [-0.2, -0.15) is 0 Å². The Kier molecular flexibility index (Phi) is 6.13. The van der Waals surface area contributed by atoms with Crippen molar-refractivity contribution in [3.8, 4) is 34.3 Å². The highest BCUT2D eigenvalue weighted by molar-refractivity contribution is 7.99. The summed E-state index contributed by atoms with van der Waals surface area (Å²) in [5, 5.41) is 28.7. The molecule has 4 aromatic rings. The molecule has 0 spiro atoms. The van der Waals surface area contributed by atoms with Gasteiger partial charge in [0.15, 0.2) is 16.8 Å². The van der Waals surface area contributed by atoms with Crippen molar-refractivity contribution in [2.24, 2.45) is 0 Å². The van der Waals surface area contributed by atoms with Crippen molar-refractivity contribution >= 4 is 17.5 Å². The number of hydrogen-bond donors (Lipinski definition) is 2. The molecule has 8 heteroatoms. The molecule has 0 radical (unpaired) electrons. The molecule has 7 nitrogen and oxygen atoms in total. The van der Waals surface area contributed by atoms with Gasteiger partial charge < -0.3 is 14.9 Å². The zero-order valence-electron chi connectivity index (χ0n) is 17.5. The van der Waals surface area contributed by atoms with Gasteiger partial charge in [0.2, 0.25) is 0 Å². The van der Waals surface area contributed by atoms with Crippen LogP contribution in [0, 0.1) is 6.92 Å². The number of benzene rings is 3. The van der Waals surface area contributed by atoms with Crippen LogP contribution in [-0.4, -0.2) is 43.6 Å². The quantitative estimate of drug-likeness (QED) is 0.315. The minimum atomic E-state index is -0.287. The lowest BCUT2D eigenvalue weighted by molar-refractivity contribution is 0.102. The number of ketones is 1. The molecule has 0 unspecified atom stereocenters. The molecule has 0 aliphatic carbocycles. The number of rotatable bonds is 7. The average molecular weight is 448 g/mol. The predicted octanol–water partition coefficient (Wildman–Crippen LogP) is 4.64. The first-order chi connectivity index (χ1) is 15.5. The first-order valence-electron chi connectivity index (χ1n) is 9.81. The Bertz CT molecular complexity index is 1270. The molecule has 0 amide bonds. The lowest BCUT2D eigenvalue weighted by Gasteiger charge is -2.12. The van der Waals surface area contributed by atoms with Crippen molar-refractivity contribution in [3.63, 3.8) is 0 Å². The number of para-hydroxylation sites is 1. The van der Waals surface area contributed by atoms with Gasteiger partial charge in [-0.25, -0.2) is 0 Å². The van der Waals surface area contributed by atoms with Crippen LogP contribution in [-0.2, 0) is 0 Å². The first kappa shape index (κ1) is 21.5. The summed E-state index contributed by atoms with van der Waals surface area (Å²) in [6.45, 7) is 2.01. The van der Waals surface area contributed by atoms with Crippen LogP contribution in [0.15, 0.2) is 71.9 Å². The summed E-state index contributed by atoms with van der Waals surface area (Å²) >= 11 is 1.22. The van der Waals surface area contributed by atoms with Crippen LogP contribution in [0.4, 0.5) is 0 Å². The molecule has 0 atom stereocenters. The second kappa shape index (κ2) is 9.15. The molecule has 0 aliphatic rings. The van der Waals surface area contributed by atoms with E-state index in [2.05, 4.69) is 10.2 Å². The van der Waals surface area contributed by atoms with Crippen LogP contribution < -0.4 is 4.74 Å². The maximum atomic E-state index is 12.7. The summed E-state index contributed by atoms with van der Waals surface area (Å²) in [5.74, 6) is 0.639. The summed E-state index contributed by atoms with van der Waals surface area (Å²) in [4.78, 5) is 12.7. The van der Waals surface area contributed by atoms with Crippen molar-refractivity contribution in [3.05, 3.63) is 77.9 Å². The summed E-state index contributed by atoms with van der Waals surface area (Å²) in [5.41, 5.74) is 2.89. The second-order valence-corrected chi connectivity index (χ2v) is 8.03. The third-order valence-electron chi connectivity index (χ3n) is 4.89. The zero-order valence-corrected chi connectivity index (χ0v) is 18.3. The number of ether oxygens (including phenoxy) is 1. The fourth-order valence-electron chi connectivity index (χ4n) is 3.26. The molecule has 4 rings (SSSR count). The number of thioether (sulfide) groups is 1. The Morgan fingerprint density at radius 1 is 1.03 bits per heavy atom. The summed E-state index contributed by atoms with van der Waals surface area (Å²) < 4.78 is 7.39. The molecule has 0 fully saturated rings. The van der Waals surface area contributed by atoms with Gasteiger partial charge in [-0.05, 0) is 43.3 Å². The number of phenolic OH excluding ortho intramolecular Hbond substituents is 2. The van der Waals surface area contributed by atoms with E-state index in [9.17, 15) is 15.0 Å². The van der Waals surface area contributed by atoms with Crippen molar-refractivity contribution in [1.29, 1.82) is 0 Å². The monoisotopic (exact) mass is 447 g/mol. The Hall–Kier alpha value is -3.78. The molecule has 2 N–H and O–H groups in total. The highest BCUT2D eigenvalue weighted by Crippen LogP contribution is 2.34. The van der Waals surface area contributed by atoms with Gasteiger partial charge in [-0.15, -0.1) is 10.2 Å². The number of aromatic nitrogens is 3. The summed E-state index contributed by atoms with van der Waals surface area (Å²) in [6.07, 6.45) is 0. The number of aryl methyl sites for hydroxylation is 1. The van der Waals surface area contributed by atoms with E-state index in [4.69, 9.17) is 4.74 Å². The fourth-order valence-corrected chi connectivity index (χ4v) is 4.09. The molecular formula is C24H21N3O4S. The molecule has 1 heterocycles. The second-order valence-electron chi connectivity index (χ2n) is 7.09. The molecular weight excluding hydrogens is 426 g/mol. The van der Waals surface area contributed by atoms with E-state index < -0.39 is 0 Å². The predicted molar refractivity (Wildman–Crippen MR) is 123 cm³/mol. The van der Waals surface area contributed by atoms with Crippen molar-refractivity contribution < 1.29 is 19.7 Å². The SMILES string of the molecule is COc1ccccc1-c1nnc(SCC(=O)c2ccc(O)cc2O)n1-c1ccc(C)cc1. The van der Waals surface area contributed by atoms with E-state index in [1.807, 2.05) is 60.0 Å². The van der Waals surface area contributed by atoms with E-state index in [1.54, 1.807) is 7.11 Å². The van der Waals surface area contributed by atoms with Crippen LogP contribution in [0.1, 0.15) is 15.9 Å². The lowest BCUT2D eigenvalue weighted by Crippen LogP contribution is -2.05. The normalized spacial score (nSPS) is 10.8. The van der Waals surface area contributed by atoms with E-state index >= 15 is 0 Å². The Labute approximate surface area is 189 Å². The third kappa shape index (κ3) is 4.31. The number of carbonyl (C=O) groups excluding carboxylic acids is 1. The van der Waals surface area contributed by atoms with Gasteiger partial charge in [0.05, 0.1) is 24.0 Å². The standard InChI is InChI=1S/C24H21N3O4S/c1-15-7-9-16(10-8-15)27-23(19-5-3-4-6-22(19)31-2)25-26-24(27)32-14-21(30)18-12-11-17(28)13-20(18)29/h3-13,28-29H,14H2,1-2H3. The number of methoxy groups -OCH3 is 1. The lowest BCUT2D eigenvalue weighted by atomic mass is 10.1. The van der Waals surface area contributed by atoms with Gasteiger partial charge in [-0.3, -0.25) is 9.36 Å². The zero-order chi connectivity index (χ0) is 22.7. The van der Waals surface area contributed by atoms with Crippen LogP contribution in [0.25, 0.3) is 17.1 Å². The number of nitrogens with zero attached hydrogens (tertiary/aromatic N) is 3. The molecule has 3 aromatic carbocycles. The highest BCUT2D eigenvalue weighted by Gasteiger charge is 2.20. The van der Waals surface area contributed by atoms with Crippen LogP contribution >= 0.6 is 11.8 Å². The molecule has 0 saturated carbocycles. The largest absolute Gasteiger partial charge is 0.508 e. The average Bonchev–Trinajstić information content (AvgIpc) is 3.21. The van der Waals surface area contributed by atoms with Crippen molar-refractivity contribution in [2.75, 3.05) is 12.9 Å². The van der Waals surface area contributed by atoms with E-state index in [0.717, 1.165) is 22.9 Å². The fraction of sp³-hybridized carbons (Fsp3) is 0.125. The molecule has 0 saturated heterocycles. The Morgan fingerprint density at radius 2 is 1.78 bits per heavy atom. The Morgan fingerprint density at radius 3 is 2.50 bits per heavy atom. The van der Waals surface area contributed by atoms with E-state index in [-0.39, 0.29) is 28.6 Å². The van der Waals surface area contributed by atoms with Gasteiger partial charge >= 0.3 is 0 Å². The van der Waals surface area contributed by atoms with E-state index in [0.29, 0.717) is 16.7 Å². The minimum Gasteiger partial charge on any atom is -0.508 e. The topological polar surface area (TPSA) is 97.5 Å². The van der Waals surface area contributed by atoms with Crippen LogP contribution in [0.5, 0.6) is 17.2 Å². The number of hydrogen-bond acceptors (Lipinski definition) is 7. The molecule has 0 aliphatic heterocycles. The van der Waals surface area contributed by atoms with Gasteiger partial charge in [0.25, 0.3) is 0 Å². The molecule has 32 heavy (non-hydrogen) atoms. The molecule has 1 aromatic heterocycles. The van der Waals surface area contributed by atoms with E-state index in [1.165, 1.54) is 23.9 Å². The van der Waals surface area contributed by atoms with Crippen LogP contribution in [0.2, 0.25) is 0 Å². The van der Waals surface area contributed by atoms with Crippen LogP contribution in [0.3, 0.4) is 0 Å². The third-order valence-corrected chi connectivity index (χ3v) is 5.82. The van der Waals surface area contributed by atoms with Gasteiger partial charge in [0.1, 0.15) is 17.2 Å². The summed E-state index contributed by atoms with van der Waals surface area (Å²) in [7, 11) is 1.60. The first-order valence-corrected chi connectivity index (χ1v) is 10.8. The summed E-state index contributed by atoms with van der Waals surface area (Å²) in [6, 6.07) is 19.4. The molecule has 162 valence electrons. The number of phenols is 2. The minimum absolute atomic E-state index is 0.0360. The number of aromatic hydroxyl groups is 2. The smallest absolute Gasteiger partial charge is 0.196 e. The van der Waals surface area contributed by atoms with Gasteiger partial charge in [-0.1, -0.05) is 41.6 Å². The maximum Gasteiger partial charge on any atom is 0.196 e. The van der Waals surface area contributed by atoms with Crippen molar-refractivity contribution in [1.82, 2.24) is 14.8 Å². The number of Topliss-reactive ketones (excluding diaryl/α,β-unsaturated/α-hetero) is 1. The van der Waals surface area contributed by atoms with Crippen molar-refractivity contribution in [2.45, 2.75) is 12.1 Å². The Balaban J connectivity index is 1.71. The molecule has 0 bridgehead atoms. The number of carbonyl (C=O) groups is 1.